The van der Waals surface area contributed by atoms with Crippen molar-refractivity contribution < 1.29 is 23.6 Å². The Bertz CT molecular complexity index is 1550. The zero-order valence-corrected chi connectivity index (χ0v) is 22.9. The smallest absolute Gasteiger partial charge is 0.310 e. The standard InChI is InChI=1S/C32H32FN3O5/c1-2-41-32(38)24-9-6-16-34(20-24)31(37)18-27(23-10-12-25(33)13-11-23)29-21-35(19-22-7-4-3-5-8-22)30-15-14-26(36(39)40)17-28(29)30/h3-5,7-8,10-15,17,21,24,27H,2,6,9,16,18-20H2,1H3/t24-,27+/m0/s1. The first kappa shape index (κ1) is 28.0. The number of nitro groups is 1. The first-order chi connectivity index (χ1) is 19.8. The van der Waals surface area contributed by atoms with Crippen LogP contribution in [0.2, 0.25) is 0 Å². The maximum absolute atomic E-state index is 13.9. The van der Waals surface area contributed by atoms with Crippen LogP contribution in [0, 0.1) is 21.8 Å². The maximum atomic E-state index is 13.9. The first-order valence-electron chi connectivity index (χ1n) is 13.8. The predicted octanol–water partition coefficient (Wildman–Crippen LogP) is 6.06. The zero-order valence-electron chi connectivity index (χ0n) is 22.9. The molecule has 4 aromatic rings. The quantitative estimate of drug-likeness (QED) is 0.142. The van der Waals surface area contributed by atoms with E-state index in [1.807, 2.05) is 41.1 Å². The molecule has 0 unspecified atom stereocenters. The Hall–Kier alpha value is -4.53. The number of hydrogen-bond acceptors (Lipinski definition) is 5. The maximum Gasteiger partial charge on any atom is 0.310 e. The summed E-state index contributed by atoms with van der Waals surface area (Å²) in [6.45, 7) is 3.40. The van der Waals surface area contributed by atoms with Crippen LogP contribution in [0.25, 0.3) is 10.9 Å². The number of rotatable bonds is 9. The van der Waals surface area contributed by atoms with Gasteiger partial charge in [0.25, 0.3) is 5.69 Å². The van der Waals surface area contributed by atoms with Gasteiger partial charge in [-0.2, -0.15) is 0 Å². The van der Waals surface area contributed by atoms with Gasteiger partial charge in [0, 0.05) is 61.2 Å². The van der Waals surface area contributed by atoms with E-state index in [4.69, 9.17) is 4.74 Å². The molecule has 0 bridgehead atoms. The third kappa shape index (κ3) is 6.29. The third-order valence-corrected chi connectivity index (χ3v) is 7.72. The summed E-state index contributed by atoms with van der Waals surface area (Å²) in [5.41, 5.74) is 3.28. The Morgan fingerprint density at radius 1 is 1.10 bits per heavy atom. The Labute approximate surface area is 237 Å². The van der Waals surface area contributed by atoms with Crippen molar-refractivity contribution in [2.75, 3.05) is 19.7 Å². The number of piperidine rings is 1. The number of ether oxygens (including phenoxy) is 1. The van der Waals surface area contributed by atoms with Gasteiger partial charge in [-0.05, 0) is 54.7 Å². The molecule has 8 nitrogen and oxygen atoms in total. The molecular formula is C32H32FN3O5. The summed E-state index contributed by atoms with van der Waals surface area (Å²) in [5, 5.41) is 12.4. The highest BCUT2D eigenvalue weighted by molar-refractivity contribution is 5.88. The molecule has 1 aliphatic rings. The lowest BCUT2D eigenvalue weighted by molar-refractivity contribution is -0.384. The fraction of sp³-hybridized carbons (Fsp3) is 0.312. The van der Waals surface area contributed by atoms with Crippen molar-refractivity contribution in [2.45, 2.75) is 38.6 Å². The number of halogens is 1. The van der Waals surface area contributed by atoms with Crippen LogP contribution < -0.4 is 0 Å². The fourth-order valence-corrected chi connectivity index (χ4v) is 5.68. The molecule has 0 spiro atoms. The second-order valence-electron chi connectivity index (χ2n) is 10.4. The number of nitrogens with zero attached hydrogens (tertiary/aromatic N) is 3. The minimum absolute atomic E-state index is 0.0475. The SMILES string of the molecule is CCOC(=O)[C@H]1CCCN(C(=O)C[C@H](c2ccc(F)cc2)c2cn(Cc3ccccc3)c3ccc([N+](=O)[O-])cc23)C1. The molecule has 5 rings (SSSR count). The van der Waals surface area contributed by atoms with E-state index in [1.54, 1.807) is 36.1 Å². The molecule has 1 aliphatic heterocycles. The molecule has 41 heavy (non-hydrogen) atoms. The zero-order chi connectivity index (χ0) is 28.9. The lowest BCUT2D eigenvalue weighted by Gasteiger charge is -2.32. The van der Waals surface area contributed by atoms with Crippen molar-refractivity contribution in [1.82, 2.24) is 9.47 Å². The molecule has 1 fully saturated rings. The summed E-state index contributed by atoms with van der Waals surface area (Å²) in [6.07, 6.45) is 3.37. The van der Waals surface area contributed by atoms with Gasteiger partial charge >= 0.3 is 5.97 Å². The van der Waals surface area contributed by atoms with Crippen molar-refractivity contribution >= 4 is 28.5 Å². The number of carbonyl (C=O) groups excluding carboxylic acids is 2. The predicted molar refractivity (Wildman–Crippen MR) is 153 cm³/mol. The molecule has 0 radical (unpaired) electrons. The largest absolute Gasteiger partial charge is 0.466 e. The number of nitro benzene ring substituents is 1. The van der Waals surface area contributed by atoms with Crippen LogP contribution in [0.1, 0.15) is 48.8 Å². The third-order valence-electron chi connectivity index (χ3n) is 7.72. The number of likely N-dealkylation sites (tertiary alicyclic amines) is 1. The van der Waals surface area contributed by atoms with Crippen LogP contribution in [0.15, 0.2) is 79.0 Å². The number of carbonyl (C=O) groups is 2. The van der Waals surface area contributed by atoms with E-state index in [-0.39, 0.29) is 43.1 Å². The highest BCUT2D eigenvalue weighted by Crippen LogP contribution is 2.37. The van der Waals surface area contributed by atoms with Crippen molar-refractivity contribution in [2.24, 2.45) is 5.92 Å². The molecule has 0 saturated carbocycles. The van der Waals surface area contributed by atoms with Crippen molar-refractivity contribution in [1.29, 1.82) is 0 Å². The van der Waals surface area contributed by atoms with Crippen molar-refractivity contribution in [3.63, 3.8) is 0 Å². The van der Waals surface area contributed by atoms with Gasteiger partial charge in [-0.3, -0.25) is 19.7 Å². The Morgan fingerprint density at radius 3 is 2.56 bits per heavy atom. The normalized spacial score (nSPS) is 16.0. The van der Waals surface area contributed by atoms with Crippen LogP contribution in [-0.4, -0.2) is 46.0 Å². The molecule has 0 aliphatic carbocycles. The average molecular weight is 558 g/mol. The van der Waals surface area contributed by atoms with E-state index in [9.17, 15) is 24.1 Å². The summed E-state index contributed by atoms with van der Waals surface area (Å²) < 4.78 is 21.2. The molecule has 9 heteroatoms. The second kappa shape index (κ2) is 12.3. The lowest BCUT2D eigenvalue weighted by atomic mass is 9.87. The lowest BCUT2D eigenvalue weighted by Crippen LogP contribution is -2.43. The first-order valence-corrected chi connectivity index (χ1v) is 13.8. The van der Waals surface area contributed by atoms with E-state index in [0.29, 0.717) is 31.3 Å². The molecule has 0 N–H and O–H groups in total. The molecule has 3 aromatic carbocycles. The van der Waals surface area contributed by atoms with Gasteiger partial charge in [0.1, 0.15) is 5.82 Å². The minimum Gasteiger partial charge on any atom is -0.466 e. The fourth-order valence-electron chi connectivity index (χ4n) is 5.68. The highest BCUT2D eigenvalue weighted by Gasteiger charge is 2.32. The molecule has 1 amide bonds. The Balaban J connectivity index is 1.55. The van der Waals surface area contributed by atoms with E-state index in [2.05, 4.69) is 0 Å². The van der Waals surface area contributed by atoms with Crippen LogP contribution in [0.4, 0.5) is 10.1 Å². The molecule has 1 aromatic heterocycles. The van der Waals surface area contributed by atoms with Gasteiger partial charge in [-0.1, -0.05) is 42.5 Å². The summed E-state index contributed by atoms with van der Waals surface area (Å²) in [5.74, 6) is -1.69. The van der Waals surface area contributed by atoms with E-state index in [0.717, 1.165) is 22.2 Å². The monoisotopic (exact) mass is 557 g/mol. The van der Waals surface area contributed by atoms with Crippen LogP contribution in [0.5, 0.6) is 0 Å². The van der Waals surface area contributed by atoms with Gasteiger partial charge < -0.3 is 14.2 Å². The summed E-state index contributed by atoms with van der Waals surface area (Å²) >= 11 is 0. The van der Waals surface area contributed by atoms with Gasteiger partial charge in [0.15, 0.2) is 0 Å². The van der Waals surface area contributed by atoms with Gasteiger partial charge in [-0.25, -0.2) is 4.39 Å². The number of non-ortho nitro benzene ring substituents is 1. The number of aromatic nitrogens is 1. The average Bonchev–Trinajstić information content (AvgIpc) is 3.34. The van der Waals surface area contributed by atoms with E-state index >= 15 is 0 Å². The Morgan fingerprint density at radius 2 is 1.85 bits per heavy atom. The topological polar surface area (TPSA) is 94.7 Å². The molecule has 2 heterocycles. The van der Waals surface area contributed by atoms with Crippen LogP contribution in [-0.2, 0) is 20.9 Å². The van der Waals surface area contributed by atoms with Crippen molar-refractivity contribution in [3.05, 3.63) is 112 Å². The highest BCUT2D eigenvalue weighted by atomic mass is 19.1. The number of benzene rings is 3. The summed E-state index contributed by atoms with van der Waals surface area (Å²) in [7, 11) is 0. The molecule has 212 valence electrons. The Kier molecular flexibility index (Phi) is 8.42. The molecule has 2 atom stereocenters. The summed E-state index contributed by atoms with van der Waals surface area (Å²) in [6, 6.07) is 20.6. The summed E-state index contributed by atoms with van der Waals surface area (Å²) in [4.78, 5) is 39.1. The van der Waals surface area contributed by atoms with Gasteiger partial charge in [0.05, 0.1) is 17.4 Å². The second-order valence-corrected chi connectivity index (χ2v) is 10.4. The number of fused-ring (bicyclic) bond motifs is 1. The number of amides is 1. The van der Waals surface area contributed by atoms with Gasteiger partial charge in [0.2, 0.25) is 5.91 Å². The van der Waals surface area contributed by atoms with E-state index in [1.165, 1.54) is 18.2 Å². The molecule has 1 saturated heterocycles. The van der Waals surface area contributed by atoms with Crippen LogP contribution >= 0.6 is 0 Å². The van der Waals surface area contributed by atoms with Gasteiger partial charge in [-0.15, -0.1) is 0 Å². The number of esters is 1. The molecular weight excluding hydrogens is 525 g/mol. The van der Waals surface area contributed by atoms with Crippen molar-refractivity contribution in [3.8, 4) is 0 Å². The van der Waals surface area contributed by atoms with E-state index < -0.39 is 16.7 Å². The van der Waals surface area contributed by atoms with Crippen LogP contribution in [0.3, 0.4) is 0 Å². The minimum atomic E-state index is -0.493. The number of hydrogen-bond donors (Lipinski definition) is 0.